The van der Waals surface area contributed by atoms with Crippen LogP contribution in [0.2, 0.25) is 0 Å². The van der Waals surface area contributed by atoms with E-state index in [2.05, 4.69) is 12.0 Å². The number of thioether (sulfide) groups is 1. The van der Waals surface area contributed by atoms with Gasteiger partial charge in [0.05, 0.1) is 17.9 Å². The fourth-order valence-electron chi connectivity index (χ4n) is 4.73. The summed E-state index contributed by atoms with van der Waals surface area (Å²) in [5.74, 6) is 0.857. The standard InChI is InChI=1S/C23H27N5O2S/c1-3-16-6-4-5-11-26(16)20(29)12-18-14-31-23-25-21-19(22(30)27(18)23)13-24-28(21)17-9-7-15(2)8-10-17/h7-10,13,16,18H,3-6,11-12,14H2,1-2H3. The number of amides is 1. The molecule has 4 heterocycles. The van der Waals surface area contributed by atoms with E-state index in [1.165, 1.54) is 6.42 Å². The molecule has 2 aliphatic heterocycles. The van der Waals surface area contributed by atoms with Crippen molar-refractivity contribution in [2.24, 2.45) is 0 Å². The van der Waals surface area contributed by atoms with E-state index in [1.807, 2.05) is 36.1 Å². The van der Waals surface area contributed by atoms with E-state index in [0.717, 1.165) is 37.1 Å². The number of piperidine rings is 1. The van der Waals surface area contributed by atoms with E-state index in [4.69, 9.17) is 4.98 Å². The first-order valence-electron chi connectivity index (χ1n) is 11.1. The number of likely N-dealkylation sites (tertiary alicyclic amines) is 1. The van der Waals surface area contributed by atoms with Crippen LogP contribution >= 0.6 is 11.8 Å². The molecular weight excluding hydrogens is 410 g/mol. The topological polar surface area (TPSA) is 73.0 Å². The molecule has 7 nitrogen and oxygen atoms in total. The second-order valence-corrected chi connectivity index (χ2v) is 9.50. The number of aryl methyl sites for hydroxylation is 1. The second-order valence-electron chi connectivity index (χ2n) is 8.51. The lowest BCUT2D eigenvalue weighted by atomic mass is 9.99. The molecular formula is C23H27N5O2S. The van der Waals surface area contributed by atoms with Crippen molar-refractivity contribution in [1.82, 2.24) is 24.2 Å². The summed E-state index contributed by atoms with van der Waals surface area (Å²) in [7, 11) is 0. The van der Waals surface area contributed by atoms with Crippen LogP contribution in [0.1, 0.15) is 50.6 Å². The Morgan fingerprint density at radius 3 is 2.77 bits per heavy atom. The van der Waals surface area contributed by atoms with E-state index >= 15 is 0 Å². The zero-order valence-electron chi connectivity index (χ0n) is 18.0. The molecule has 0 radical (unpaired) electrons. The molecule has 0 spiro atoms. The molecule has 2 aromatic heterocycles. The Morgan fingerprint density at radius 1 is 1.19 bits per heavy atom. The molecule has 0 bridgehead atoms. The maximum atomic E-state index is 13.3. The third-order valence-corrected chi connectivity index (χ3v) is 7.58. The first kappa shape index (κ1) is 20.3. The van der Waals surface area contributed by atoms with Crippen LogP contribution in [-0.2, 0) is 4.79 Å². The molecule has 1 aromatic carbocycles. The molecule has 1 amide bonds. The number of carbonyl (C=O) groups excluding carboxylic acids is 1. The molecule has 162 valence electrons. The molecule has 1 saturated heterocycles. The normalized spacial score (nSPS) is 20.9. The lowest BCUT2D eigenvalue weighted by molar-refractivity contribution is -0.135. The molecule has 2 atom stereocenters. The van der Waals surface area contributed by atoms with Gasteiger partial charge in [0.1, 0.15) is 5.39 Å². The third-order valence-electron chi connectivity index (χ3n) is 6.48. The third kappa shape index (κ3) is 3.56. The van der Waals surface area contributed by atoms with Crippen molar-refractivity contribution in [3.05, 3.63) is 46.4 Å². The lowest BCUT2D eigenvalue weighted by Gasteiger charge is -2.36. The Bertz CT molecular complexity index is 1180. The number of hydrogen-bond acceptors (Lipinski definition) is 5. The Kier molecular flexibility index (Phi) is 5.33. The minimum atomic E-state index is -0.154. The average Bonchev–Trinajstić information content (AvgIpc) is 3.39. The molecule has 3 aromatic rings. The Hall–Kier alpha value is -2.61. The van der Waals surface area contributed by atoms with Crippen molar-refractivity contribution in [3.63, 3.8) is 0 Å². The highest BCUT2D eigenvalue weighted by Crippen LogP contribution is 2.34. The van der Waals surface area contributed by atoms with Gasteiger partial charge in [0, 0.05) is 24.8 Å². The first-order valence-corrected chi connectivity index (χ1v) is 12.0. The van der Waals surface area contributed by atoms with E-state index in [-0.39, 0.29) is 17.5 Å². The van der Waals surface area contributed by atoms with Crippen molar-refractivity contribution in [3.8, 4) is 5.69 Å². The zero-order valence-corrected chi connectivity index (χ0v) is 18.8. The van der Waals surface area contributed by atoms with Gasteiger partial charge in [0.15, 0.2) is 10.8 Å². The van der Waals surface area contributed by atoms with Crippen molar-refractivity contribution < 1.29 is 4.79 Å². The van der Waals surface area contributed by atoms with Gasteiger partial charge in [-0.3, -0.25) is 14.2 Å². The van der Waals surface area contributed by atoms with Gasteiger partial charge in [-0.2, -0.15) is 5.10 Å². The van der Waals surface area contributed by atoms with Gasteiger partial charge in [-0.25, -0.2) is 9.67 Å². The molecule has 5 rings (SSSR count). The fourth-order valence-corrected chi connectivity index (χ4v) is 5.86. The van der Waals surface area contributed by atoms with Crippen LogP contribution in [0.25, 0.3) is 16.7 Å². The fraction of sp³-hybridized carbons (Fsp3) is 0.478. The summed E-state index contributed by atoms with van der Waals surface area (Å²) < 4.78 is 3.44. The Balaban J connectivity index is 1.46. The van der Waals surface area contributed by atoms with E-state index in [9.17, 15) is 9.59 Å². The highest BCUT2D eigenvalue weighted by molar-refractivity contribution is 7.99. The van der Waals surface area contributed by atoms with Crippen molar-refractivity contribution in [2.45, 2.75) is 63.2 Å². The molecule has 2 unspecified atom stereocenters. The minimum absolute atomic E-state index is 0.105. The minimum Gasteiger partial charge on any atom is -0.340 e. The SMILES string of the molecule is CCC1CCCCN1C(=O)CC1CSc2nc3c(cnn3-c3ccc(C)cc3)c(=O)n21. The van der Waals surface area contributed by atoms with Crippen molar-refractivity contribution in [2.75, 3.05) is 12.3 Å². The first-order chi connectivity index (χ1) is 15.1. The summed E-state index contributed by atoms with van der Waals surface area (Å²) in [6, 6.07) is 8.17. The van der Waals surface area contributed by atoms with Gasteiger partial charge < -0.3 is 4.90 Å². The maximum absolute atomic E-state index is 13.3. The van der Waals surface area contributed by atoms with Crippen molar-refractivity contribution >= 4 is 28.7 Å². The van der Waals surface area contributed by atoms with Crippen LogP contribution in [0.3, 0.4) is 0 Å². The molecule has 0 aliphatic carbocycles. The lowest BCUT2D eigenvalue weighted by Crippen LogP contribution is -2.44. The second kappa shape index (κ2) is 8.15. The number of aromatic nitrogens is 4. The van der Waals surface area contributed by atoms with Crippen LogP contribution in [0.4, 0.5) is 0 Å². The number of nitrogens with zero attached hydrogens (tertiary/aromatic N) is 5. The Labute approximate surface area is 185 Å². The highest BCUT2D eigenvalue weighted by atomic mass is 32.2. The van der Waals surface area contributed by atoms with Crippen LogP contribution in [0.5, 0.6) is 0 Å². The van der Waals surface area contributed by atoms with Crippen LogP contribution < -0.4 is 5.56 Å². The van der Waals surface area contributed by atoms with Crippen LogP contribution in [-0.4, -0.2) is 48.5 Å². The summed E-state index contributed by atoms with van der Waals surface area (Å²) in [6.45, 7) is 5.01. The summed E-state index contributed by atoms with van der Waals surface area (Å²) in [5.41, 5.74) is 2.51. The van der Waals surface area contributed by atoms with Gasteiger partial charge in [-0.05, 0) is 44.7 Å². The molecule has 2 aliphatic rings. The number of fused-ring (bicyclic) bond motifs is 2. The van der Waals surface area contributed by atoms with Gasteiger partial charge in [0.25, 0.3) is 5.56 Å². The number of benzene rings is 1. The molecule has 31 heavy (non-hydrogen) atoms. The maximum Gasteiger partial charge on any atom is 0.265 e. The Morgan fingerprint density at radius 2 is 2.00 bits per heavy atom. The van der Waals surface area contributed by atoms with Gasteiger partial charge in [0.2, 0.25) is 5.91 Å². The predicted octanol–water partition coefficient (Wildman–Crippen LogP) is 3.72. The van der Waals surface area contributed by atoms with Crippen molar-refractivity contribution in [1.29, 1.82) is 0 Å². The van der Waals surface area contributed by atoms with Crippen LogP contribution in [0, 0.1) is 6.92 Å². The number of carbonyl (C=O) groups is 1. The quantitative estimate of drug-likeness (QED) is 0.582. The summed E-state index contributed by atoms with van der Waals surface area (Å²) in [6.07, 6.45) is 6.28. The van der Waals surface area contributed by atoms with E-state index in [1.54, 1.807) is 27.2 Å². The summed E-state index contributed by atoms with van der Waals surface area (Å²) >= 11 is 1.55. The van der Waals surface area contributed by atoms with E-state index < -0.39 is 0 Å². The molecule has 1 fully saturated rings. The smallest absolute Gasteiger partial charge is 0.265 e. The molecule has 0 N–H and O–H groups in total. The molecule has 0 saturated carbocycles. The molecule has 8 heteroatoms. The summed E-state index contributed by atoms with van der Waals surface area (Å²) in [4.78, 5) is 33.2. The predicted molar refractivity (Wildman–Crippen MR) is 122 cm³/mol. The summed E-state index contributed by atoms with van der Waals surface area (Å²) in [5, 5.41) is 5.60. The van der Waals surface area contributed by atoms with Gasteiger partial charge in [-0.15, -0.1) is 0 Å². The average molecular weight is 438 g/mol. The van der Waals surface area contributed by atoms with E-state index in [0.29, 0.717) is 34.4 Å². The zero-order chi connectivity index (χ0) is 21.5. The number of hydrogen-bond donors (Lipinski definition) is 0. The van der Waals surface area contributed by atoms with Gasteiger partial charge in [-0.1, -0.05) is 36.4 Å². The van der Waals surface area contributed by atoms with Crippen LogP contribution in [0.15, 0.2) is 40.4 Å². The monoisotopic (exact) mass is 437 g/mol. The van der Waals surface area contributed by atoms with Gasteiger partial charge >= 0.3 is 0 Å². The number of rotatable bonds is 4. The largest absolute Gasteiger partial charge is 0.340 e. The highest BCUT2D eigenvalue weighted by Gasteiger charge is 2.33.